The van der Waals surface area contributed by atoms with Gasteiger partial charge in [-0.3, -0.25) is 9.59 Å². The highest BCUT2D eigenvalue weighted by molar-refractivity contribution is 7.20. The maximum absolute atomic E-state index is 11.3. The van der Waals surface area contributed by atoms with E-state index in [9.17, 15) is 9.59 Å². The summed E-state index contributed by atoms with van der Waals surface area (Å²) in [5.74, 6) is -1.60. The highest BCUT2D eigenvalue weighted by Crippen LogP contribution is 2.28. The van der Waals surface area contributed by atoms with E-state index in [1.54, 1.807) is 12.1 Å². The van der Waals surface area contributed by atoms with Gasteiger partial charge in [-0.05, 0) is 12.1 Å². The molecule has 0 saturated carbocycles. The second-order valence-corrected chi connectivity index (χ2v) is 4.29. The quantitative estimate of drug-likeness (QED) is 0.811. The third-order valence-corrected chi connectivity index (χ3v) is 2.87. The van der Waals surface area contributed by atoms with Crippen LogP contribution in [0.1, 0.15) is 6.42 Å². The summed E-state index contributed by atoms with van der Waals surface area (Å²) >= 11 is 6.91. The number of thiophene rings is 1. The Balaban J connectivity index is 2.70. The predicted octanol–water partition coefficient (Wildman–Crippen LogP) is 1.84. The Hall–Kier alpha value is -1.07. The minimum atomic E-state index is -1.13. The molecule has 0 bridgehead atoms. The van der Waals surface area contributed by atoms with Crippen molar-refractivity contribution >= 4 is 39.8 Å². The Labute approximate surface area is 89.7 Å². The van der Waals surface area contributed by atoms with Gasteiger partial charge in [0.05, 0.1) is 9.34 Å². The molecule has 0 atom stereocenters. The summed E-state index contributed by atoms with van der Waals surface area (Å²) < 4.78 is 0.565. The van der Waals surface area contributed by atoms with Crippen LogP contribution in [0.2, 0.25) is 4.34 Å². The van der Waals surface area contributed by atoms with Gasteiger partial charge in [0.15, 0.2) is 0 Å². The van der Waals surface area contributed by atoms with E-state index >= 15 is 0 Å². The van der Waals surface area contributed by atoms with E-state index in [1.165, 1.54) is 23.3 Å². The number of halogens is 1. The summed E-state index contributed by atoms with van der Waals surface area (Å²) in [6, 6.07) is 3.33. The molecule has 0 aliphatic heterocycles. The smallest absolute Gasteiger partial charge is 0.312 e. The van der Waals surface area contributed by atoms with Crippen LogP contribution in [0.3, 0.4) is 0 Å². The third kappa shape index (κ3) is 2.71. The van der Waals surface area contributed by atoms with Crippen LogP contribution in [0.25, 0.3) is 0 Å². The number of aliphatic carboxylic acids is 1. The fraction of sp³-hybridized carbons (Fsp3) is 0.250. The van der Waals surface area contributed by atoms with Gasteiger partial charge in [-0.25, -0.2) is 0 Å². The molecule has 1 amide bonds. The van der Waals surface area contributed by atoms with Crippen LogP contribution >= 0.6 is 22.9 Å². The highest BCUT2D eigenvalue weighted by atomic mass is 35.5. The average molecular weight is 234 g/mol. The molecule has 6 heteroatoms. The minimum absolute atomic E-state index is 0.462. The zero-order chi connectivity index (χ0) is 10.7. The lowest BCUT2D eigenvalue weighted by Crippen LogP contribution is -2.27. The molecule has 4 nitrogen and oxygen atoms in total. The van der Waals surface area contributed by atoms with E-state index in [2.05, 4.69) is 0 Å². The van der Waals surface area contributed by atoms with Crippen molar-refractivity contribution in [3.8, 4) is 0 Å². The number of hydrogen-bond donors (Lipinski definition) is 1. The molecule has 0 fully saturated rings. The lowest BCUT2D eigenvalue weighted by molar-refractivity contribution is -0.140. The Morgan fingerprint density at radius 2 is 2.21 bits per heavy atom. The molecule has 14 heavy (non-hydrogen) atoms. The molecule has 1 rings (SSSR count). The van der Waals surface area contributed by atoms with Gasteiger partial charge in [-0.15, -0.1) is 11.3 Å². The standard InChI is InChI=1S/C8H8ClNO3S/c1-10(6(11)4-8(12)13)7-3-2-5(9)14-7/h2-3H,4H2,1H3,(H,12,13). The van der Waals surface area contributed by atoms with E-state index in [0.717, 1.165) is 0 Å². The molecule has 0 aliphatic carbocycles. The molecule has 1 N–H and O–H groups in total. The number of carbonyl (C=O) groups is 2. The zero-order valence-corrected chi connectivity index (χ0v) is 8.93. The van der Waals surface area contributed by atoms with Crippen LogP contribution in [0.15, 0.2) is 12.1 Å². The molecule has 1 heterocycles. The summed E-state index contributed by atoms with van der Waals surface area (Å²) in [6.45, 7) is 0. The average Bonchev–Trinajstić information content (AvgIpc) is 2.49. The van der Waals surface area contributed by atoms with Crippen molar-refractivity contribution in [1.29, 1.82) is 0 Å². The summed E-state index contributed by atoms with van der Waals surface area (Å²) in [6.07, 6.45) is -0.508. The molecular weight excluding hydrogens is 226 g/mol. The SMILES string of the molecule is CN(C(=O)CC(=O)O)c1ccc(Cl)s1. The van der Waals surface area contributed by atoms with Crippen molar-refractivity contribution < 1.29 is 14.7 Å². The van der Waals surface area contributed by atoms with Gasteiger partial charge in [-0.1, -0.05) is 11.6 Å². The van der Waals surface area contributed by atoms with Gasteiger partial charge >= 0.3 is 5.97 Å². The Morgan fingerprint density at radius 1 is 1.57 bits per heavy atom. The van der Waals surface area contributed by atoms with E-state index < -0.39 is 18.3 Å². The first-order valence-corrected chi connectivity index (χ1v) is 4.94. The number of carboxylic acids is 1. The van der Waals surface area contributed by atoms with Crippen LogP contribution < -0.4 is 4.90 Å². The second kappa shape index (κ2) is 4.43. The van der Waals surface area contributed by atoms with Gasteiger partial charge in [0.25, 0.3) is 0 Å². The maximum Gasteiger partial charge on any atom is 0.312 e. The van der Waals surface area contributed by atoms with Crippen LogP contribution in [0, 0.1) is 0 Å². The molecule has 0 aliphatic rings. The third-order valence-electron chi connectivity index (χ3n) is 1.57. The van der Waals surface area contributed by atoms with Gasteiger partial charge < -0.3 is 10.0 Å². The fourth-order valence-electron chi connectivity index (χ4n) is 0.856. The lowest BCUT2D eigenvalue weighted by Gasteiger charge is -2.12. The second-order valence-electron chi connectivity index (χ2n) is 2.60. The monoisotopic (exact) mass is 233 g/mol. The Morgan fingerprint density at radius 3 is 2.64 bits per heavy atom. The first-order chi connectivity index (χ1) is 6.50. The topological polar surface area (TPSA) is 57.6 Å². The molecule has 0 spiro atoms. The number of anilines is 1. The molecular formula is C8H8ClNO3S. The number of rotatable bonds is 3. The summed E-state index contributed by atoms with van der Waals surface area (Å²) in [4.78, 5) is 22.8. The Bertz CT molecular complexity index is 363. The summed E-state index contributed by atoms with van der Waals surface area (Å²) in [7, 11) is 1.52. The first kappa shape index (κ1) is 11.0. The van der Waals surface area contributed by atoms with Crippen LogP contribution in [-0.2, 0) is 9.59 Å². The van der Waals surface area contributed by atoms with Crippen molar-refractivity contribution in [3.05, 3.63) is 16.5 Å². The first-order valence-electron chi connectivity index (χ1n) is 3.74. The lowest BCUT2D eigenvalue weighted by atomic mass is 10.4. The molecule has 1 aromatic heterocycles. The predicted molar refractivity (Wildman–Crippen MR) is 55.0 cm³/mol. The largest absolute Gasteiger partial charge is 0.481 e. The minimum Gasteiger partial charge on any atom is -0.481 e. The van der Waals surface area contributed by atoms with E-state index in [0.29, 0.717) is 9.34 Å². The maximum atomic E-state index is 11.3. The molecule has 0 unspecified atom stereocenters. The molecule has 1 aromatic rings. The molecule has 0 radical (unpaired) electrons. The van der Waals surface area contributed by atoms with E-state index in [-0.39, 0.29) is 0 Å². The number of nitrogens with zero attached hydrogens (tertiary/aromatic N) is 1. The van der Waals surface area contributed by atoms with Crippen LogP contribution in [0.5, 0.6) is 0 Å². The van der Waals surface area contributed by atoms with Gasteiger partial charge in [0.2, 0.25) is 5.91 Å². The van der Waals surface area contributed by atoms with Gasteiger partial charge in [0.1, 0.15) is 6.42 Å². The van der Waals surface area contributed by atoms with Crippen molar-refractivity contribution in [1.82, 2.24) is 0 Å². The van der Waals surface area contributed by atoms with Gasteiger partial charge in [0, 0.05) is 7.05 Å². The fourth-order valence-corrected chi connectivity index (χ4v) is 1.87. The van der Waals surface area contributed by atoms with Crippen molar-refractivity contribution in [2.24, 2.45) is 0 Å². The highest BCUT2D eigenvalue weighted by Gasteiger charge is 2.15. The Kier molecular flexibility index (Phi) is 3.49. The molecule has 76 valence electrons. The van der Waals surface area contributed by atoms with Crippen molar-refractivity contribution in [3.63, 3.8) is 0 Å². The van der Waals surface area contributed by atoms with Crippen molar-refractivity contribution in [2.75, 3.05) is 11.9 Å². The number of hydrogen-bond acceptors (Lipinski definition) is 3. The van der Waals surface area contributed by atoms with E-state index in [4.69, 9.17) is 16.7 Å². The number of carboxylic acid groups (broad SMARTS) is 1. The molecule has 0 saturated heterocycles. The van der Waals surface area contributed by atoms with Gasteiger partial charge in [-0.2, -0.15) is 0 Å². The summed E-state index contributed by atoms with van der Waals surface area (Å²) in [5.41, 5.74) is 0. The zero-order valence-electron chi connectivity index (χ0n) is 7.36. The van der Waals surface area contributed by atoms with Crippen molar-refractivity contribution in [2.45, 2.75) is 6.42 Å². The van der Waals surface area contributed by atoms with Crippen LogP contribution in [-0.4, -0.2) is 24.0 Å². The summed E-state index contributed by atoms with van der Waals surface area (Å²) in [5, 5.41) is 9.05. The molecule has 0 aromatic carbocycles. The number of carbonyl (C=O) groups excluding carboxylic acids is 1. The van der Waals surface area contributed by atoms with Crippen LogP contribution in [0.4, 0.5) is 5.00 Å². The van der Waals surface area contributed by atoms with E-state index in [1.807, 2.05) is 0 Å². The normalized spacial score (nSPS) is 9.86. The number of amides is 1.